The van der Waals surface area contributed by atoms with Crippen molar-refractivity contribution in [2.75, 3.05) is 11.9 Å². The summed E-state index contributed by atoms with van der Waals surface area (Å²) in [5.41, 5.74) is 1.58. The molecule has 2 aromatic rings. The average Bonchev–Trinajstić information content (AvgIpc) is 3.08. The van der Waals surface area contributed by atoms with Gasteiger partial charge in [0.15, 0.2) is 0 Å². The molecule has 5 nitrogen and oxygen atoms in total. The number of amides is 1. The number of carbonyl (C=O) groups excluding carboxylic acids is 1. The third-order valence-electron chi connectivity index (χ3n) is 3.70. The first-order chi connectivity index (χ1) is 11.8. The van der Waals surface area contributed by atoms with Crippen molar-refractivity contribution in [2.24, 2.45) is 5.92 Å². The van der Waals surface area contributed by atoms with E-state index in [0.717, 1.165) is 12.0 Å². The first-order valence-electron chi connectivity index (χ1n) is 8.26. The molecule has 7 heteroatoms. The summed E-state index contributed by atoms with van der Waals surface area (Å²) >= 11 is 1.55. The molecule has 1 heterocycles. The molecule has 0 aliphatic heterocycles. The Labute approximate surface area is 153 Å². The first kappa shape index (κ1) is 19.6. The van der Waals surface area contributed by atoms with Crippen LogP contribution >= 0.6 is 11.3 Å². The summed E-state index contributed by atoms with van der Waals surface area (Å²) in [5, 5.41) is 6.67. The SMILES string of the molecule is CCCN(Cc1ccsc1)S(=O)(=O)c1ccc(NC(=O)C(C)C)cc1. The van der Waals surface area contributed by atoms with Crippen molar-refractivity contribution in [3.8, 4) is 0 Å². The van der Waals surface area contributed by atoms with E-state index in [1.54, 1.807) is 49.4 Å². The van der Waals surface area contributed by atoms with E-state index in [2.05, 4.69) is 5.32 Å². The predicted molar refractivity (Wildman–Crippen MR) is 102 cm³/mol. The van der Waals surface area contributed by atoms with Crippen molar-refractivity contribution in [3.63, 3.8) is 0 Å². The molecule has 0 aliphatic carbocycles. The zero-order valence-corrected chi connectivity index (χ0v) is 16.4. The van der Waals surface area contributed by atoms with Gasteiger partial charge in [-0.15, -0.1) is 0 Å². The van der Waals surface area contributed by atoms with Crippen LogP contribution in [0.4, 0.5) is 5.69 Å². The average molecular weight is 381 g/mol. The molecule has 1 N–H and O–H groups in total. The first-order valence-corrected chi connectivity index (χ1v) is 10.6. The minimum absolute atomic E-state index is 0.0966. The van der Waals surface area contributed by atoms with E-state index in [1.807, 2.05) is 23.8 Å². The van der Waals surface area contributed by atoms with Crippen LogP contribution in [0.1, 0.15) is 32.8 Å². The van der Waals surface area contributed by atoms with E-state index < -0.39 is 10.0 Å². The largest absolute Gasteiger partial charge is 0.326 e. The highest BCUT2D eigenvalue weighted by Crippen LogP contribution is 2.22. The molecule has 0 fully saturated rings. The Morgan fingerprint density at radius 3 is 2.40 bits per heavy atom. The number of sulfonamides is 1. The molecule has 0 spiro atoms. The Morgan fingerprint density at radius 1 is 1.20 bits per heavy atom. The van der Waals surface area contributed by atoms with Gasteiger partial charge in [-0.05, 0) is 53.1 Å². The lowest BCUT2D eigenvalue weighted by atomic mass is 10.2. The Morgan fingerprint density at radius 2 is 1.88 bits per heavy atom. The molecule has 0 saturated heterocycles. The second-order valence-electron chi connectivity index (χ2n) is 6.14. The molecular formula is C18H24N2O3S2. The quantitative estimate of drug-likeness (QED) is 0.754. The van der Waals surface area contributed by atoms with Gasteiger partial charge < -0.3 is 5.32 Å². The van der Waals surface area contributed by atoms with Crippen LogP contribution in [0.15, 0.2) is 46.0 Å². The number of benzene rings is 1. The van der Waals surface area contributed by atoms with Crippen LogP contribution in [-0.4, -0.2) is 25.2 Å². The molecule has 0 bridgehead atoms. The lowest BCUT2D eigenvalue weighted by Gasteiger charge is -2.21. The van der Waals surface area contributed by atoms with Gasteiger partial charge in [0.2, 0.25) is 15.9 Å². The van der Waals surface area contributed by atoms with Gasteiger partial charge in [0.25, 0.3) is 0 Å². The summed E-state index contributed by atoms with van der Waals surface area (Å²) in [4.78, 5) is 12.0. The number of hydrogen-bond acceptors (Lipinski definition) is 4. The van der Waals surface area contributed by atoms with Gasteiger partial charge in [0.1, 0.15) is 0 Å². The Balaban J connectivity index is 2.19. The number of hydrogen-bond donors (Lipinski definition) is 1. The summed E-state index contributed by atoms with van der Waals surface area (Å²) in [6.07, 6.45) is 0.742. The number of carbonyl (C=O) groups is 1. The summed E-state index contributed by atoms with van der Waals surface area (Å²) in [6.45, 7) is 6.40. The van der Waals surface area contributed by atoms with Crippen LogP contribution in [-0.2, 0) is 21.4 Å². The standard InChI is InChI=1S/C18H24N2O3S2/c1-4-10-20(12-15-9-11-24-13-15)25(22,23)17-7-5-16(6-8-17)19-18(21)14(2)3/h5-9,11,13-14H,4,10,12H2,1-3H3,(H,19,21). The van der Waals surface area contributed by atoms with Crippen molar-refractivity contribution >= 4 is 33.0 Å². The van der Waals surface area contributed by atoms with Crippen LogP contribution in [0.25, 0.3) is 0 Å². The van der Waals surface area contributed by atoms with Gasteiger partial charge in [-0.2, -0.15) is 15.6 Å². The zero-order chi connectivity index (χ0) is 18.4. The van der Waals surface area contributed by atoms with E-state index in [-0.39, 0.29) is 16.7 Å². The van der Waals surface area contributed by atoms with Gasteiger partial charge in [-0.3, -0.25) is 4.79 Å². The van der Waals surface area contributed by atoms with E-state index >= 15 is 0 Å². The number of thiophene rings is 1. The van der Waals surface area contributed by atoms with Crippen molar-refractivity contribution in [1.29, 1.82) is 0 Å². The molecule has 1 aromatic carbocycles. The molecule has 2 rings (SSSR count). The molecule has 0 saturated carbocycles. The van der Waals surface area contributed by atoms with Crippen molar-refractivity contribution < 1.29 is 13.2 Å². The number of nitrogens with zero attached hydrogens (tertiary/aromatic N) is 1. The summed E-state index contributed by atoms with van der Waals surface area (Å²) in [6, 6.07) is 8.28. The molecule has 1 aromatic heterocycles. The van der Waals surface area contributed by atoms with E-state index in [1.165, 1.54) is 4.31 Å². The third-order valence-corrected chi connectivity index (χ3v) is 6.29. The second kappa shape index (κ2) is 8.60. The molecule has 0 aliphatic rings. The Hall–Kier alpha value is -1.70. The molecule has 0 unspecified atom stereocenters. The summed E-state index contributed by atoms with van der Waals surface area (Å²) in [5.74, 6) is -0.227. The number of nitrogens with one attached hydrogen (secondary N) is 1. The maximum Gasteiger partial charge on any atom is 0.243 e. The summed E-state index contributed by atoms with van der Waals surface area (Å²) in [7, 11) is -3.58. The Bertz CT molecular complexity index is 782. The second-order valence-corrected chi connectivity index (χ2v) is 8.86. The molecule has 136 valence electrons. The zero-order valence-electron chi connectivity index (χ0n) is 14.7. The lowest BCUT2D eigenvalue weighted by Crippen LogP contribution is -2.31. The number of anilines is 1. The molecule has 0 radical (unpaired) electrons. The minimum Gasteiger partial charge on any atom is -0.326 e. The van der Waals surface area contributed by atoms with E-state index in [0.29, 0.717) is 18.8 Å². The highest BCUT2D eigenvalue weighted by molar-refractivity contribution is 7.89. The van der Waals surface area contributed by atoms with Gasteiger partial charge >= 0.3 is 0 Å². The van der Waals surface area contributed by atoms with Gasteiger partial charge in [0.05, 0.1) is 4.90 Å². The van der Waals surface area contributed by atoms with Gasteiger partial charge in [-0.1, -0.05) is 20.8 Å². The Kier molecular flexibility index (Phi) is 6.75. The van der Waals surface area contributed by atoms with Crippen molar-refractivity contribution in [1.82, 2.24) is 4.31 Å². The van der Waals surface area contributed by atoms with E-state index in [9.17, 15) is 13.2 Å². The van der Waals surface area contributed by atoms with Crippen LogP contribution in [0.2, 0.25) is 0 Å². The molecule has 0 atom stereocenters. The lowest BCUT2D eigenvalue weighted by molar-refractivity contribution is -0.118. The molecule has 25 heavy (non-hydrogen) atoms. The molecule has 1 amide bonds. The topological polar surface area (TPSA) is 66.5 Å². The monoisotopic (exact) mass is 380 g/mol. The highest BCUT2D eigenvalue weighted by Gasteiger charge is 2.24. The number of rotatable bonds is 8. The smallest absolute Gasteiger partial charge is 0.243 e. The maximum atomic E-state index is 12.9. The van der Waals surface area contributed by atoms with Crippen molar-refractivity contribution in [3.05, 3.63) is 46.7 Å². The normalized spacial score (nSPS) is 11.9. The predicted octanol–water partition coefficient (Wildman–Crippen LogP) is 3.94. The minimum atomic E-state index is -3.58. The maximum absolute atomic E-state index is 12.9. The van der Waals surface area contributed by atoms with Crippen LogP contribution < -0.4 is 5.32 Å². The van der Waals surface area contributed by atoms with Crippen LogP contribution in [0, 0.1) is 5.92 Å². The highest BCUT2D eigenvalue weighted by atomic mass is 32.2. The fourth-order valence-electron chi connectivity index (χ4n) is 2.27. The summed E-state index contributed by atoms with van der Waals surface area (Å²) < 4.78 is 27.4. The van der Waals surface area contributed by atoms with E-state index in [4.69, 9.17) is 0 Å². The third kappa shape index (κ3) is 5.14. The van der Waals surface area contributed by atoms with Crippen molar-refractivity contribution in [2.45, 2.75) is 38.6 Å². The fourth-order valence-corrected chi connectivity index (χ4v) is 4.45. The fraction of sp³-hybridized carbons (Fsp3) is 0.389. The van der Waals surface area contributed by atoms with Gasteiger partial charge in [0, 0.05) is 24.7 Å². The van der Waals surface area contributed by atoms with Crippen LogP contribution in [0.5, 0.6) is 0 Å². The molecular weight excluding hydrogens is 356 g/mol. The van der Waals surface area contributed by atoms with Gasteiger partial charge in [-0.25, -0.2) is 8.42 Å². The van der Waals surface area contributed by atoms with Crippen LogP contribution in [0.3, 0.4) is 0 Å².